The van der Waals surface area contributed by atoms with Crippen molar-refractivity contribution in [3.63, 3.8) is 0 Å². The Morgan fingerprint density at radius 2 is 1.89 bits per heavy atom. The number of ketones is 1. The first-order valence-corrected chi connectivity index (χ1v) is 5.54. The lowest BCUT2D eigenvalue weighted by atomic mass is 10.0. The molecule has 6 nitrogen and oxygen atoms in total. The van der Waals surface area contributed by atoms with Crippen molar-refractivity contribution in [2.75, 3.05) is 21.3 Å². The smallest absolute Gasteiger partial charge is 0.335 e. The number of hydrogen-bond acceptors (Lipinski definition) is 6. The number of carbonyl (C=O) groups excluding carboxylic acids is 2. The normalized spacial score (nSPS) is 11.6. The van der Waals surface area contributed by atoms with Crippen molar-refractivity contribution in [3.05, 3.63) is 23.8 Å². The van der Waals surface area contributed by atoms with E-state index in [1.807, 2.05) is 0 Å². The second-order valence-corrected chi connectivity index (χ2v) is 3.73. The van der Waals surface area contributed by atoms with Crippen LogP contribution in [0, 0.1) is 0 Å². The van der Waals surface area contributed by atoms with Gasteiger partial charge in [0.25, 0.3) is 0 Å². The summed E-state index contributed by atoms with van der Waals surface area (Å²) >= 11 is 0. The summed E-state index contributed by atoms with van der Waals surface area (Å²) in [4.78, 5) is 23.1. The van der Waals surface area contributed by atoms with Gasteiger partial charge in [-0.25, -0.2) is 4.79 Å². The van der Waals surface area contributed by atoms with Crippen LogP contribution in [0.25, 0.3) is 0 Å². The Kier molecular flexibility index (Phi) is 5.32. The first-order chi connectivity index (χ1) is 9.03. The molecule has 6 heteroatoms. The maximum absolute atomic E-state index is 12.0. The largest absolute Gasteiger partial charge is 0.497 e. The SMILES string of the molecule is COC(=O)[C@@H](O)CC(=O)c1cc(OC)ccc1OC. The number of carbonyl (C=O) groups is 2. The van der Waals surface area contributed by atoms with E-state index in [0.717, 1.165) is 7.11 Å². The van der Waals surface area contributed by atoms with E-state index in [1.54, 1.807) is 12.1 Å². The molecule has 0 bridgehead atoms. The molecule has 0 fully saturated rings. The highest BCUT2D eigenvalue weighted by molar-refractivity contribution is 6.01. The minimum absolute atomic E-state index is 0.241. The molecule has 0 radical (unpaired) electrons. The van der Waals surface area contributed by atoms with Crippen molar-refractivity contribution < 1.29 is 28.9 Å². The third kappa shape index (κ3) is 3.69. The van der Waals surface area contributed by atoms with Gasteiger partial charge in [-0.15, -0.1) is 0 Å². The van der Waals surface area contributed by atoms with Crippen LogP contribution in [0.4, 0.5) is 0 Å². The number of aliphatic hydroxyl groups is 1. The summed E-state index contributed by atoms with van der Waals surface area (Å²) in [5.74, 6) is -0.455. The summed E-state index contributed by atoms with van der Waals surface area (Å²) in [5.41, 5.74) is 0.241. The number of esters is 1. The second-order valence-electron chi connectivity index (χ2n) is 3.73. The van der Waals surface area contributed by atoms with Crippen molar-refractivity contribution >= 4 is 11.8 Å². The predicted octanol–water partition coefficient (Wildman–Crippen LogP) is 0.810. The van der Waals surface area contributed by atoms with Crippen LogP contribution in [0.5, 0.6) is 11.5 Å². The Bertz CT molecular complexity index is 468. The monoisotopic (exact) mass is 268 g/mol. The number of aliphatic hydroxyl groups excluding tert-OH is 1. The summed E-state index contributed by atoms with van der Waals surface area (Å²) in [6, 6.07) is 4.72. The highest BCUT2D eigenvalue weighted by atomic mass is 16.5. The summed E-state index contributed by atoms with van der Waals surface area (Å²) < 4.78 is 14.4. The quantitative estimate of drug-likeness (QED) is 0.607. The zero-order valence-corrected chi connectivity index (χ0v) is 11.0. The van der Waals surface area contributed by atoms with Gasteiger partial charge in [0, 0.05) is 6.42 Å². The lowest BCUT2D eigenvalue weighted by Crippen LogP contribution is -2.25. The van der Waals surface area contributed by atoms with Crippen LogP contribution in [-0.4, -0.2) is 44.3 Å². The Morgan fingerprint density at radius 1 is 1.21 bits per heavy atom. The third-order valence-electron chi connectivity index (χ3n) is 2.56. The molecule has 0 amide bonds. The average molecular weight is 268 g/mol. The summed E-state index contributed by atoms with van der Waals surface area (Å²) in [6.45, 7) is 0. The van der Waals surface area contributed by atoms with Crippen LogP contribution in [0.1, 0.15) is 16.8 Å². The average Bonchev–Trinajstić information content (AvgIpc) is 2.45. The molecule has 0 spiro atoms. The van der Waals surface area contributed by atoms with Gasteiger partial charge in [0.2, 0.25) is 0 Å². The molecular formula is C13H16O6. The molecule has 0 saturated heterocycles. The predicted molar refractivity (Wildman–Crippen MR) is 66.5 cm³/mol. The number of hydrogen-bond donors (Lipinski definition) is 1. The molecule has 19 heavy (non-hydrogen) atoms. The molecule has 0 saturated carbocycles. The fourth-order valence-electron chi connectivity index (χ4n) is 1.54. The zero-order valence-electron chi connectivity index (χ0n) is 11.0. The standard InChI is InChI=1S/C13H16O6/c1-17-8-4-5-12(18-2)9(6-8)10(14)7-11(15)13(16)19-3/h4-6,11,15H,7H2,1-3H3/t11-/m0/s1. The molecule has 0 aliphatic heterocycles. The van der Waals surface area contributed by atoms with Gasteiger partial charge in [0.15, 0.2) is 11.9 Å². The van der Waals surface area contributed by atoms with Crippen molar-refractivity contribution in [2.45, 2.75) is 12.5 Å². The Balaban J connectivity index is 2.94. The van der Waals surface area contributed by atoms with Gasteiger partial charge in [-0.2, -0.15) is 0 Å². The van der Waals surface area contributed by atoms with Crippen LogP contribution < -0.4 is 9.47 Å². The molecule has 1 atom stereocenters. The Labute approximate surface area is 110 Å². The van der Waals surface area contributed by atoms with Crippen LogP contribution in [0.2, 0.25) is 0 Å². The molecule has 0 heterocycles. The molecule has 104 valence electrons. The minimum Gasteiger partial charge on any atom is -0.497 e. The number of ether oxygens (including phenoxy) is 3. The van der Waals surface area contributed by atoms with Gasteiger partial charge >= 0.3 is 5.97 Å². The van der Waals surface area contributed by atoms with E-state index >= 15 is 0 Å². The molecule has 1 aromatic rings. The third-order valence-corrected chi connectivity index (χ3v) is 2.56. The molecule has 1 aromatic carbocycles. The molecule has 0 aliphatic carbocycles. The van der Waals surface area contributed by atoms with Gasteiger partial charge in [0.05, 0.1) is 26.9 Å². The highest BCUT2D eigenvalue weighted by Gasteiger charge is 2.22. The van der Waals surface area contributed by atoms with Crippen LogP contribution in [-0.2, 0) is 9.53 Å². The summed E-state index contributed by atoms with van der Waals surface area (Å²) in [6.07, 6.45) is -1.87. The lowest BCUT2D eigenvalue weighted by Gasteiger charge is -2.11. The number of benzene rings is 1. The molecule has 0 aliphatic rings. The number of rotatable bonds is 6. The van der Waals surface area contributed by atoms with Crippen molar-refractivity contribution in [1.29, 1.82) is 0 Å². The van der Waals surface area contributed by atoms with Crippen LogP contribution >= 0.6 is 0 Å². The first-order valence-electron chi connectivity index (χ1n) is 5.54. The fraction of sp³-hybridized carbons (Fsp3) is 0.385. The second kappa shape index (κ2) is 6.75. The van der Waals surface area contributed by atoms with Crippen LogP contribution in [0.15, 0.2) is 18.2 Å². The van der Waals surface area contributed by atoms with E-state index in [2.05, 4.69) is 4.74 Å². The molecule has 1 rings (SSSR count). The van der Waals surface area contributed by atoms with Gasteiger partial charge < -0.3 is 19.3 Å². The van der Waals surface area contributed by atoms with Crippen LogP contribution in [0.3, 0.4) is 0 Å². The molecule has 1 N–H and O–H groups in total. The van der Waals surface area contributed by atoms with Gasteiger partial charge in [0.1, 0.15) is 11.5 Å². The van der Waals surface area contributed by atoms with E-state index in [1.165, 1.54) is 20.3 Å². The van der Waals surface area contributed by atoms with E-state index in [4.69, 9.17) is 9.47 Å². The van der Waals surface area contributed by atoms with Crippen molar-refractivity contribution in [1.82, 2.24) is 0 Å². The molecular weight excluding hydrogens is 252 g/mol. The van der Waals surface area contributed by atoms with Crippen molar-refractivity contribution in [2.24, 2.45) is 0 Å². The van der Waals surface area contributed by atoms with E-state index in [-0.39, 0.29) is 12.0 Å². The highest BCUT2D eigenvalue weighted by Crippen LogP contribution is 2.25. The Hall–Kier alpha value is -2.08. The summed E-state index contributed by atoms with van der Waals surface area (Å²) in [5, 5.41) is 9.47. The maximum atomic E-state index is 12.0. The van der Waals surface area contributed by atoms with Gasteiger partial charge in [-0.05, 0) is 18.2 Å². The lowest BCUT2D eigenvalue weighted by molar-refractivity contribution is -0.150. The number of Topliss-reactive ketones (excluding diaryl/α,β-unsaturated/α-hetero) is 1. The zero-order chi connectivity index (χ0) is 14.4. The van der Waals surface area contributed by atoms with Gasteiger partial charge in [-0.1, -0.05) is 0 Å². The van der Waals surface area contributed by atoms with E-state index in [0.29, 0.717) is 11.5 Å². The van der Waals surface area contributed by atoms with E-state index < -0.39 is 17.9 Å². The maximum Gasteiger partial charge on any atom is 0.335 e. The summed E-state index contributed by atoms with van der Waals surface area (Å²) in [7, 11) is 4.04. The van der Waals surface area contributed by atoms with E-state index in [9.17, 15) is 14.7 Å². The minimum atomic E-state index is -1.49. The number of methoxy groups -OCH3 is 3. The Morgan fingerprint density at radius 3 is 2.42 bits per heavy atom. The first kappa shape index (κ1) is 15.0. The van der Waals surface area contributed by atoms with Crippen molar-refractivity contribution in [3.8, 4) is 11.5 Å². The molecule has 0 unspecified atom stereocenters. The fourth-order valence-corrected chi connectivity index (χ4v) is 1.54. The molecule has 0 aromatic heterocycles. The van der Waals surface area contributed by atoms with Gasteiger partial charge in [-0.3, -0.25) is 4.79 Å². The topological polar surface area (TPSA) is 82.1 Å².